The summed E-state index contributed by atoms with van der Waals surface area (Å²) in [6.07, 6.45) is 0. The molecule has 0 bridgehead atoms. The second-order valence-corrected chi connectivity index (χ2v) is 16.5. The molecule has 0 heterocycles. The van der Waals surface area contributed by atoms with Gasteiger partial charge in [0.25, 0.3) is 0 Å². The highest BCUT2D eigenvalue weighted by Gasteiger charge is 2.43. The molecule has 102 valence electrons. The molecule has 0 aromatic rings. The third kappa shape index (κ3) is 6.55. The Morgan fingerprint density at radius 1 is 1.12 bits per heavy atom. The summed E-state index contributed by atoms with van der Waals surface area (Å²) in [6.45, 7) is 23.2. The van der Waals surface area contributed by atoms with Crippen molar-refractivity contribution in [2.24, 2.45) is 0 Å². The molecule has 0 N–H and O–H groups in total. The van der Waals surface area contributed by atoms with Crippen LogP contribution in [0.3, 0.4) is 0 Å². The van der Waals surface area contributed by atoms with Crippen LogP contribution in [0.1, 0.15) is 20.8 Å². The van der Waals surface area contributed by atoms with E-state index in [-0.39, 0.29) is 5.04 Å². The van der Waals surface area contributed by atoms with Crippen LogP contribution >= 0.6 is 0 Å². The summed E-state index contributed by atoms with van der Waals surface area (Å²) in [4.78, 5) is 0. The molecule has 0 saturated carbocycles. The van der Waals surface area contributed by atoms with E-state index in [0.717, 1.165) is 12.2 Å². The SMILES string of the molecule is C=C(C)COCC(C)(C)[Si](C)(C)O[Si](C)(C)C. The lowest BCUT2D eigenvalue weighted by atomic mass is 10.2. The highest BCUT2D eigenvalue weighted by molar-refractivity contribution is 6.85. The Bertz CT molecular complexity index is 265. The van der Waals surface area contributed by atoms with Gasteiger partial charge in [-0.15, -0.1) is 0 Å². The average Bonchev–Trinajstić information content (AvgIpc) is 1.97. The van der Waals surface area contributed by atoms with Crippen LogP contribution in [0.5, 0.6) is 0 Å². The fourth-order valence-electron chi connectivity index (χ4n) is 1.56. The van der Waals surface area contributed by atoms with Crippen molar-refractivity contribution < 1.29 is 8.85 Å². The van der Waals surface area contributed by atoms with Gasteiger partial charge in [-0.1, -0.05) is 26.0 Å². The first-order valence-electron chi connectivity index (χ1n) is 6.30. The highest BCUT2D eigenvalue weighted by atomic mass is 28.4. The van der Waals surface area contributed by atoms with Gasteiger partial charge in [0.05, 0.1) is 13.2 Å². The minimum atomic E-state index is -1.73. The van der Waals surface area contributed by atoms with E-state index in [2.05, 4.69) is 53.2 Å². The van der Waals surface area contributed by atoms with Crippen molar-refractivity contribution in [3.05, 3.63) is 12.2 Å². The third-order valence-electron chi connectivity index (χ3n) is 3.00. The first-order valence-corrected chi connectivity index (χ1v) is 12.6. The standard InChI is InChI=1S/C13H30O2Si2/c1-12(2)10-14-11-13(3,4)17(8,9)15-16(5,6)7/h1,10-11H2,2-9H3. The van der Waals surface area contributed by atoms with Gasteiger partial charge in [0.1, 0.15) is 0 Å². The average molecular weight is 275 g/mol. The summed E-state index contributed by atoms with van der Waals surface area (Å²) in [5, 5.41) is 0.128. The molecule has 0 aliphatic heterocycles. The van der Waals surface area contributed by atoms with E-state index in [1.165, 1.54) is 0 Å². The van der Waals surface area contributed by atoms with Crippen LogP contribution in [0.2, 0.25) is 37.8 Å². The van der Waals surface area contributed by atoms with E-state index in [1.54, 1.807) is 0 Å². The number of ether oxygens (including phenoxy) is 1. The molecule has 0 amide bonds. The van der Waals surface area contributed by atoms with Gasteiger partial charge >= 0.3 is 0 Å². The summed E-state index contributed by atoms with van der Waals surface area (Å²) in [7, 11) is -3.21. The van der Waals surface area contributed by atoms with E-state index < -0.39 is 16.6 Å². The van der Waals surface area contributed by atoms with Crippen molar-refractivity contribution >= 4 is 16.6 Å². The topological polar surface area (TPSA) is 18.5 Å². The van der Waals surface area contributed by atoms with E-state index in [4.69, 9.17) is 8.85 Å². The molecule has 0 saturated heterocycles. The Kier molecular flexibility index (Phi) is 5.85. The van der Waals surface area contributed by atoms with E-state index >= 15 is 0 Å². The molecule has 0 unspecified atom stereocenters. The van der Waals surface area contributed by atoms with Crippen LogP contribution in [0, 0.1) is 0 Å². The van der Waals surface area contributed by atoms with Crippen LogP contribution in [-0.2, 0) is 8.85 Å². The van der Waals surface area contributed by atoms with Gasteiger partial charge in [-0.25, -0.2) is 0 Å². The normalized spacial score (nSPS) is 13.9. The lowest BCUT2D eigenvalue weighted by Gasteiger charge is -2.43. The maximum atomic E-state index is 6.42. The first-order chi connectivity index (χ1) is 7.37. The van der Waals surface area contributed by atoms with Crippen LogP contribution < -0.4 is 0 Å². The molecule has 0 aromatic heterocycles. The van der Waals surface area contributed by atoms with Gasteiger partial charge in [-0.3, -0.25) is 0 Å². The highest BCUT2D eigenvalue weighted by Crippen LogP contribution is 2.39. The fourth-order valence-corrected chi connectivity index (χ4v) is 9.24. The van der Waals surface area contributed by atoms with E-state index in [1.807, 2.05) is 6.92 Å². The zero-order valence-electron chi connectivity index (χ0n) is 12.9. The summed E-state index contributed by atoms with van der Waals surface area (Å²) in [5.41, 5.74) is 1.08. The molecule has 0 aromatic carbocycles. The second kappa shape index (κ2) is 5.82. The van der Waals surface area contributed by atoms with Crippen molar-refractivity contribution in [2.75, 3.05) is 13.2 Å². The number of hydrogen-bond donors (Lipinski definition) is 0. The summed E-state index contributed by atoms with van der Waals surface area (Å²) < 4.78 is 12.2. The van der Waals surface area contributed by atoms with Crippen molar-refractivity contribution in [1.82, 2.24) is 0 Å². The van der Waals surface area contributed by atoms with E-state index in [9.17, 15) is 0 Å². The molecular weight excluding hydrogens is 244 g/mol. The Morgan fingerprint density at radius 3 is 1.94 bits per heavy atom. The minimum Gasteiger partial charge on any atom is -0.455 e. The molecular formula is C13H30O2Si2. The fraction of sp³-hybridized carbons (Fsp3) is 0.846. The predicted octanol–water partition coefficient (Wildman–Crippen LogP) is 4.42. The molecule has 0 rings (SSSR count). The molecule has 17 heavy (non-hydrogen) atoms. The second-order valence-electron chi connectivity index (χ2n) is 7.06. The van der Waals surface area contributed by atoms with Gasteiger partial charge in [0.2, 0.25) is 0 Å². The molecule has 0 aliphatic carbocycles. The Balaban J connectivity index is 4.50. The van der Waals surface area contributed by atoms with Gasteiger partial charge in [-0.2, -0.15) is 0 Å². The van der Waals surface area contributed by atoms with Gasteiger partial charge in [-0.05, 0) is 39.7 Å². The van der Waals surface area contributed by atoms with Gasteiger partial charge < -0.3 is 8.85 Å². The van der Waals surface area contributed by atoms with Crippen LogP contribution in [0.25, 0.3) is 0 Å². The van der Waals surface area contributed by atoms with Crippen molar-refractivity contribution in [1.29, 1.82) is 0 Å². The van der Waals surface area contributed by atoms with Gasteiger partial charge in [0, 0.05) is 5.04 Å². The largest absolute Gasteiger partial charge is 0.455 e. The molecule has 0 atom stereocenters. The van der Waals surface area contributed by atoms with Crippen molar-refractivity contribution in [3.8, 4) is 0 Å². The quantitative estimate of drug-likeness (QED) is 0.505. The van der Waals surface area contributed by atoms with Crippen molar-refractivity contribution in [2.45, 2.75) is 58.5 Å². The number of rotatable bonds is 7. The molecule has 2 nitrogen and oxygen atoms in total. The lowest BCUT2D eigenvalue weighted by molar-refractivity contribution is 0.127. The predicted molar refractivity (Wildman–Crippen MR) is 81.6 cm³/mol. The zero-order valence-corrected chi connectivity index (χ0v) is 14.9. The summed E-state index contributed by atoms with van der Waals surface area (Å²) in [5.74, 6) is 0. The van der Waals surface area contributed by atoms with Crippen LogP contribution in [-0.4, -0.2) is 29.8 Å². The number of hydrogen-bond acceptors (Lipinski definition) is 2. The smallest absolute Gasteiger partial charge is 0.181 e. The lowest BCUT2D eigenvalue weighted by Crippen LogP contribution is -2.51. The van der Waals surface area contributed by atoms with Crippen LogP contribution in [0.4, 0.5) is 0 Å². The van der Waals surface area contributed by atoms with E-state index in [0.29, 0.717) is 6.61 Å². The molecule has 0 spiro atoms. The molecule has 0 fully saturated rings. The Labute approximate surface area is 110 Å². The van der Waals surface area contributed by atoms with Gasteiger partial charge in [0.15, 0.2) is 16.6 Å². The molecule has 0 aliphatic rings. The minimum absolute atomic E-state index is 0.128. The monoisotopic (exact) mass is 274 g/mol. The zero-order chi connectivity index (χ0) is 13.9. The summed E-state index contributed by atoms with van der Waals surface area (Å²) in [6, 6.07) is 0. The van der Waals surface area contributed by atoms with Crippen LogP contribution in [0.15, 0.2) is 12.2 Å². The Morgan fingerprint density at radius 2 is 1.59 bits per heavy atom. The Hall–Kier alpha value is 0.0938. The van der Waals surface area contributed by atoms with Crippen molar-refractivity contribution in [3.63, 3.8) is 0 Å². The summed E-state index contributed by atoms with van der Waals surface area (Å²) >= 11 is 0. The maximum Gasteiger partial charge on any atom is 0.181 e. The molecule has 4 heteroatoms. The first kappa shape index (κ1) is 17.1. The molecule has 0 radical (unpaired) electrons. The maximum absolute atomic E-state index is 6.42. The third-order valence-corrected chi connectivity index (χ3v) is 10.9.